The molecule has 2 unspecified atom stereocenters. The number of anilines is 2. The van der Waals surface area contributed by atoms with E-state index in [0.717, 1.165) is 35.3 Å². The molecule has 1 aliphatic heterocycles. The molecule has 1 aliphatic carbocycles. The van der Waals surface area contributed by atoms with E-state index in [9.17, 15) is 0 Å². The van der Waals surface area contributed by atoms with Crippen LogP contribution in [0.2, 0.25) is 0 Å². The zero-order chi connectivity index (χ0) is 11.4. The molecular weight excluding hydrogens is 214 g/mol. The Balaban J connectivity index is 1.76. The van der Waals surface area contributed by atoms with E-state index in [1.807, 2.05) is 18.2 Å². The molecule has 2 bridgehead atoms. The van der Waals surface area contributed by atoms with Crippen molar-refractivity contribution in [1.82, 2.24) is 4.98 Å². The highest BCUT2D eigenvalue weighted by atomic mass is 16.4. The predicted octanol–water partition coefficient (Wildman–Crippen LogP) is 2.40. The molecule has 0 amide bonds. The molecule has 2 N–H and O–H groups in total. The first-order valence-electron chi connectivity index (χ1n) is 6.22. The summed E-state index contributed by atoms with van der Waals surface area (Å²) in [4.78, 5) is 6.88. The number of nitrogens with zero attached hydrogens (tertiary/aromatic N) is 2. The Morgan fingerprint density at radius 3 is 3.06 bits per heavy atom. The Bertz CT molecular complexity index is 577. The van der Waals surface area contributed by atoms with Crippen LogP contribution in [0.3, 0.4) is 0 Å². The summed E-state index contributed by atoms with van der Waals surface area (Å²) in [5.41, 5.74) is 8.18. The van der Waals surface area contributed by atoms with Crippen LogP contribution in [0.1, 0.15) is 19.3 Å². The van der Waals surface area contributed by atoms with Crippen LogP contribution in [0.4, 0.5) is 11.7 Å². The minimum absolute atomic E-state index is 0.644. The lowest BCUT2D eigenvalue weighted by Crippen LogP contribution is -2.31. The SMILES string of the molecule is Nc1ccc2oc(N3CC4CCC3C4)nc2c1. The standard InChI is InChI=1S/C13H15N3O/c14-9-2-4-12-11(6-9)15-13(17-12)16-7-8-1-3-10(16)5-8/h2,4,6,8,10H,1,3,5,7,14H2. The average molecular weight is 229 g/mol. The first kappa shape index (κ1) is 9.33. The van der Waals surface area contributed by atoms with Crippen molar-refractivity contribution in [3.05, 3.63) is 18.2 Å². The van der Waals surface area contributed by atoms with Gasteiger partial charge in [0.05, 0.1) is 0 Å². The van der Waals surface area contributed by atoms with Crippen LogP contribution >= 0.6 is 0 Å². The molecule has 2 atom stereocenters. The molecule has 1 aromatic carbocycles. The van der Waals surface area contributed by atoms with Gasteiger partial charge in [-0.1, -0.05) is 0 Å². The summed E-state index contributed by atoms with van der Waals surface area (Å²) < 4.78 is 5.82. The quantitative estimate of drug-likeness (QED) is 0.763. The molecule has 2 aliphatic rings. The van der Waals surface area contributed by atoms with Crippen LogP contribution in [0.15, 0.2) is 22.6 Å². The molecule has 4 heteroatoms. The van der Waals surface area contributed by atoms with E-state index in [-0.39, 0.29) is 0 Å². The van der Waals surface area contributed by atoms with Crippen molar-refractivity contribution >= 4 is 22.8 Å². The van der Waals surface area contributed by atoms with Gasteiger partial charge in [-0.2, -0.15) is 4.98 Å². The van der Waals surface area contributed by atoms with Crippen molar-refractivity contribution in [1.29, 1.82) is 0 Å². The second-order valence-electron chi connectivity index (χ2n) is 5.21. The summed E-state index contributed by atoms with van der Waals surface area (Å²) in [6, 6.07) is 7.04. The molecular formula is C13H15N3O. The van der Waals surface area contributed by atoms with Crippen molar-refractivity contribution in [2.45, 2.75) is 25.3 Å². The van der Waals surface area contributed by atoms with Gasteiger partial charge in [0.2, 0.25) is 0 Å². The summed E-state index contributed by atoms with van der Waals surface area (Å²) in [6.45, 7) is 1.10. The number of rotatable bonds is 1. The lowest BCUT2D eigenvalue weighted by atomic mass is 10.1. The predicted molar refractivity (Wildman–Crippen MR) is 66.9 cm³/mol. The van der Waals surface area contributed by atoms with Gasteiger partial charge in [-0.15, -0.1) is 0 Å². The molecule has 88 valence electrons. The van der Waals surface area contributed by atoms with Gasteiger partial charge >= 0.3 is 0 Å². The Labute approximate surface area is 99.4 Å². The van der Waals surface area contributed by atoms with Gasteiger partial charge in [-0.25, -0.2) is 0 Å². The normalized spacial score (nSPS) is 27.2. The Kier molecular flexibility index (Phi) is 1.73. The van der Waals surface area contributed by atoms with Crippen molar-refractivity contribution in [3.63, 3.8) is 0 Å². The van der Waals surface area contributed by atoms with E-state index < -0.39 is 0 Å². The highest BCUT2D eigenvalue weighted by Gasteiger charge is 2.39. The number of aromatic nitrogens is 1. The van der Waals surface area contributed by atoms with E-state index in [0.29, 0.717) is 6.04 Å². The molecule has 1 saturated carbocycles. The Morgan fingerprint density at radius 2 is 2.29 bits per heavy atom. The molecule has 4 rings (SSSR count). The van der Waals surface area contributed by atoms with Crippen molar-refractivity contribution in [2.75, 3.05) is 17.2 Å². The van der Waals surface area contributed by atoms with Crippen molar-refractivity contribution in [2.24, 2.45) is 5.92 Å². The van der Waals surface area contributed by atoms with E-state index in [1.165, 1.54) is 19.3 Å². The van der Waals surface area contributed by atoms with Gasteiger partial charge in [-0.3, -0.25) is 0 Å². The van der Waals surface area contributed by atoms with Gasteiger partial charge in [0.15, 0.2) is 5.58 Å². The Hall–Kier alpha value is -1.71. The van der Waals surface area contributed by atoms with Gasteiger partial charge in [0.25, 0.3) is 6.01 Å². The molecule has 1 saturated heterocycles. The van der Waals surface area contributed by atoms with Crippen molar-refractivity contribution < 1.29 is 4.42 Å². The molecule has 2 fully saturated rings. The average Bonchev–Trinajstić information content (AvgIpc) is 3.01. The molecule has 1 aromatic heterocycles. The molecule has 17 heavy (non-hydrogen) atoms. The second-order valence-corrected chi connectivity index (χ2v) is 5.21. The molecule has 0 radical (unpaired) electrons. The monoisotopic (exact) mass is 229 g/mol. The van der Waals surface area contributed by atoms with Gasteiger partial charge in [0, 0.05) is 18.3 Å². The smallest absolute Gasteiger partial charge is 0.298 e. The van der Waals surface area contributed by atoms with Crippen LogP contribution in [0, 0.1) is 5.92 Å². The third-order valence-corrected chi connectivity index (χ3v) is 4.06. The number of hydrogen-bond donors (Lipinski definition) is 1. The highest BCUT2D eigenvalue weighted by molar-refractivity contribution is 5.78. The first-order chi connectivity index (χ1) is 8.29. The lowest BCUT2D eigenvalue weighted by Gasteiger charge is -2.24. The van der Waals surface area contributed by atoms with E-state index in [2.05, 4.69) is 9.88 Å². The largest absolute Gasteiger partial charge is 0.423 e. The number of nitrogen functional groups attached to an aromatic ring is 1. The molecule has 4 nitrogen and oxygen atoms in total. The summed E-state index contributed by atoms with van der Waals surface area (Å²) in [6.07, 6.45) is 3.96. The van der Waals surface area contributed by atoms with Crippen LogP contribution in [0.5, 0.6) is 0 Å². The van der Waals surface area contributed by atoms with E-state index in [4.69, 9.17) is 10.2 Å². The minimum atomic E-state index is 0.644. The zero-order valence-corrected chi connectivity index (χ0v) is 9.60. The third kappa shape index (κ3) is 1.33. The topological polar surface area (TPSA) is 55.3 Å². The summed E-state index contributed by atoms with van der Waals surface area (Å²) in [5.74, 6) is 0.847. The second kappa shape index (κ2) is 3.15. The number of hydrogen-bond acceptors (Lipinski definition) is 4. The van der Waals surface area contributed by atoms with E-state index >= 15 is 0 Å². The van der Waals surface area contributed by atoms with Crippen LogP contribution in [-0.4, -0.2) is 17.6 Å². The number of benzene rings is 1. The maximum absolute atomic E-state index is 5.82. The minimum Gasteiger partial charge on any atom is -0.423 e. The summed E-state index contributed by atoms with van der Waals surface area (Å²) >= 11 is 0. The fourth-order valence-corrected chi connectivity index (χ4v) is 3.21. The third-order valence-electron chi connectivity index (χ3n) is 4.06. The van der Waals surface area contributed by atoms with Gasteiger partial charge < -0.3 is 15.1 Å². The fourth-order valence-electron chi connectivity index (χ4n) is 3.21. The van der Waals surface area contributed by atoms with Crippen molar-refractivity contribution in [3.8, 4) is 0 Å². The summed E-state index contributed by atoms with van der Waals surface area (Å²) in [7, 11) is 0. The highest BCUT2D eigenvalue weighted by Crippen LogP contribution is 2.40. The maximum Gasteiger partial charge on any atom is 0.298 e. The maximum atomic E-state index is 5.82. The summed E-state index contributed by atoms with van der Waals surface area (Å²) in [5, 5.41) is 0. The Morgan fingerprint density at radius 1 is 1.35 bits per heavy atom. The zero-order valence-electron chi connectivity index (χ0n) is 9.60. The number of fused-ring (bicyclic) bond motifs is 3. The van der Waals surface area contributed by atoms with Gasteiger partial charge in [-0.05, 0) is 43.4 Å². The van der Waals surface area contributed by atoms with Gasteiger partial charge in [0.1, 0.15) is 5.52 Å². The van der Waals surface area contributed by atoms with Crippen LogP contribution in [0.25, 0.3) is 11.1 Å². The molecule has 2 heterocycles. The fraction of sp³-hybridized carbons (Fsp3) is 0.462. The number of piperidine rings is 1. The van der Waals surface area contributed by atoms with Crippen LogP contribution in [-0.2, 0) is 0 Å². The van der Waals surface area contributed by atoms with Crippen LogP contribution < -0.4 is 10.6 Å². The molecule has 0 spiro atoms. The first-order valence-corrected chi connectivity index (χ1v) is 6.22. The molecule has 2 aromatic rings. The van der Waals surface area contributed by atoms with E-state index in [1.54, 1.807) is 0 Å². The lowest BCUT2D eigenvalue weighted by molar-refractivity contribution is 0.499. The number of oxazole rings is 1. The number of nitrogens with two attached hydrogens (primary N) is 1.